The number of phosphoric acid groups is 3. The Morgan fingerprint density at radius 1 is 1.02 bits per heavy atom. The lowest BCUT2D eigenvalue weighted by atomic mass is 9.87. The highest BCUT2D eigenvalue weighted by molar-refractivity contribution is 8.40. The zero-order chi connectivity index (χ0) is 40.8. The van der Waals surface area contributed by atoms with Crippen LogP contribution in [0.25, 0.3) is 11.2 Å². The van der Waals surface area contributed by atoms with Crippen LogP contribution in [0, 0.1) is 5.41 Å². The second kappa shape index (κ2) is 18.2. The number of hydrogen-bond acceptors (Lipinski definition) is 18. The van der Waals surface area contributed by atoms with E-state index in [-0.39, 0.29) is 42.2 Å². The number of imidazole rings is 1. The Balaban J connectivity index is 1.53. The molecule has 2 amide bonds. The van der Waals surface area contributed by atoms with Crippen molar-refractivity contribution in [3.63, 3.8) is 0 Å². The van der Waals surface area contributed by atoms with Crippen molar-refractivity contribution >= 4 is 73.8 Å². The molecule has 306 valence electrons. The third kappa shape index (κ3) is 12.7. The van der Waals surface area contributed by atoms with Gasteiger partial charge in [-0.05, 0) is 0 Å². The molecule has 2 aromatic heterocycles. The summed E-state index contributed by atoms with van der Waals surface area (Å²) in [5, 5.41) is 40.5. The summed E-state index contributed by atoms with van der Waals surface area (Å²) in [7, 11) is -18.9. The van der Waals surface area contributed by atoms with Crippen LogP contribution in [0.3, 0.4) is 0 Å². The number of phosphoric ester groups is 3. The third-order valence-electron chi connectivity index (χ3n) is 7.20. The van der Waals surface area contributed by atoms with E-state index in [9.17, 15) is 62.7 Å². The molecule has 3 unspecified atom stereocenters. The summed E-state index contributed by atoms with van der Waals surface area (Å²) in [5.41, 5.74) is 4.13. The molecular weight excluding hydrogens is 819 g/mol. The molecule has 7 atom stereocenters. The van der Waals surface area contributed by atoms with Crippen LogP contribution in [0.15, 0.2) is 12.7 Å². The number of nitrogens with zero attached hydrogens (tertiary/aromatic N) is 4. The second-order valence-electron chi connectivity index (χ2n) is 11.8. The van der Waals surface area contributed by atoms with Gasteiger partial charge in [0.15, 0.2) is 17.7 Å². The topological polar surface area (TPSA) is 421 Å². The van der Waals surface area contributed by atoms with Crippen molar-refractivity contribution in [3.8, 4) is 0 Å². The van der Waals surface area contributed by atoms with Gasteiger partial charge in [-0.1, -0.05) is 24.7 Å². The average Bonchev–Trinajstić information content (AvgIpc) is 3.60. The van der Waals surface area contributed by atoms with E-state index in [1.54, 1.807) is 0 Å². The zero-order valence-electron chi connectivity index (χ0n) is 27.9. The van der Waals surface area contributed by atoms with Crippen molar-refractivity contribution in [2.45, 2.75) is 50.9 Å². The molecule has 3 rings (SSSR count). The first-order valence-corrected chi connectivity index (χ1v) is 21.0. The summed E-state index contributed by atoms with van der Waals surface area (Å²) in [6.07, 6.45) is -7.32. The fourth-order valence-corrected chi connectivity index (χ4v) is 8.23. The average molecular weight is 858 g/mol. The molecule has 54 heavy (non-hydrogen) atoms. The lowest BCUT2D eigenvalue weighted by Crippen LogP contribution is -2.46. The van der Waals surface area contributed by atoms with E-state index in [1.807, 2.05) is 0 Å². The highest BCUT2D eigenvalue weighted by atomic mass is 32.2. The number of nitrogens with two attached hydrogens (primary N) is 1. The number of rotatable bonds is 19. The van der Waals surface area contributed by atoms with Gasteiger partial charge in [0, 0.05) is 30.7 Å². The molecule has 0 aromatic carbocycles. The van der Waals surface area contributed by atoms with Crippen LogP contribution in [0.4, 0.5) is 15.4 Å². The van der Waals surface area contributed by atoms with E-state index >= 15 is 0 Å². The zero-order valence-corrected chi connectivity index (χ0v) is 31.5. The van der Waals surface area contributed by atoms with Gasteiger partial charge >= 0.3 is 34.1 Å². The number of aliphatic hydroxyl groups excluding tert-OH is 2. The van der Waals surface area contributed by atoms with Crippen molar-refractivity contribution in [1.82, 2.24) is 30.2 Å². The predicted octanol–water partition coefficient (Wildman–Crippen LogP) is -1.24. The van der Waals surface area contributed by atoms with E-state index in [0.29, 0.717) is 0 Å². The highest BCUT2D eigenvalue weighted by Gasteiger charge is 2.50. The molecule has 1 aliphatic heterocycles. The number of aromatic nitrogens is 4. The monoisotopic (exact) mass is 857 g/mol. The van der Waals surface area contributed by atoms with Crippen LogP contribution in [-0.2, 0) is 45.9 Å². The Morgan fingerprint density at radius 2 is 1.65 bits per heavy atom. The molecule has 0 spiro atoms. The van der Waals surface area contributed by atoms with Gasteiger partial charge in [0.1, 0.15) is 36.3 Å². The van der Waals surface area contributed by atoms with Gasteiger partial charge in [-0.15, -0.1) is 0 Å². The van der Waals surface area contributed by atoms with E-state index in [0.717, 1.165) is 17.2 Å². The highest BCUT2D eigenvalue weighted by Crippen LogP contribution is 2.61. The van der Waals surface area contributed by atoms with Gasteiger partial charge in [0.05, 0.1) is 19.5 Å². The molecular formula is C23H38N7O20P3S. The van der Waals surface area contributed by atoms with E-state index in [1.165, 1.54) is 13.8 Å². The first-order chi connectivity index (χ1) is 24.8. The number of anilines is 1. The van der Waals surface area contributed by atoms with Crippen LogP contribution >= 0.6 is 34.4 Å². The van der Waals surface area contributed by atoms with Gasteiger partial charge in [-0.25, -0.2) is 38.2 Å². The van der Waals surface area contributed by atoms with Crippen molar-refractivity contribution in [2.75, 3.05) is 37.8 Å². The van der Waals surface area contributed by atoms with Crippen molar-refractivity contribution in [3.05, 3.63) is 12.7 Å². The fraction of sp³-hybridized carbons (Fsp3) is 0.609. The van der Waals surface area contributed by atoms with Crippen LogP contribution in [0.5, 0.6) is 0 Å². The Labute approximate surface area is 306 Å². The molecule has 1 saturated heterocycles. The van der Waals surface area contributed by atoms with Gasteiger partial charge in [-0.3, -0.25) is 27.7 Å². The smallest absolute Gasteiger partial charge is 0.474 e. The predicted molar refractivity (Wildman–Crippen MR) is 180 cm³/mol. The van der Waals surface area contributed by atoms with Crippen molar-refractivity contribution < 1.29 is 95.5 Å². The number of carbonyl (C=O) groups excluding carboxylic acids is 2. The van der Waals surface area contributed by atoms with Gasteiger partial charge in [0.2, 0.25) is 11.8 Å². The van der Waals surface area contributed by atoms with Crippen molar-refractivity contribution in [2.24, 2.45) is 5.41 Å². The molecule has 0 radical (unpaired) electrons. The van der Waals surface area contributed by atoms with Crippen LogP contribution < -0.4 is 16.4 Å². The molecule has 12 N–H and O–H groups in total. The summed E-state index contributed by atoms with van der Waals surface area (Å²) in [6, 6.07) is 0. The largest absolute Gasteiger partial charge is 0.481 e. The molecule has 0 bridgehead atoms. The molecule has 1 fully saturated rings. The van der Waals surface area contributed by atoms with Gasteiger partial charge < -0.3 is 61.1 Å². The lowest BCUT2D eigenvalue weighted by Gasteiger charge is -2.30. The number of nitrogen functional groups attached to an aromatic ring is 1. The number of carbonyl (C=O) groups is 4. The molecule has 27 nitrogen and oxygen atoms in total. The first-order valence-electron chi connectivity index (χ1n) is 15.0. The molecule has 2 aromatic rings. The standard InChI is InChI=1S/C23H38N7O20P3S/c1-23(2,16(33)19(34)26-4-3-12(31)25-5-6-54(21(35)36)22(37)38)8-47-53(44,45)50-52(42,43)46-7-11-15(49-51(39,40)41)14(32)20(48-11)30-10-29-13-17(24)27-9-28-18(13)30/h9-11,14-16,20,32-33,54H,3-8H2,1-2H3,(H,25,31)(H,26,34)(H,35,36)(H,37,38)(H,42,43)(H,44,45)(H2,24,27,28)(H2,39,40,41)/t11-,14-,15-,16?,20-/m1/s1. The van der Waals surface area contributed by atoms with Gasteiger partial charge in [0.25, 0.3) is 0 Å². The number of nitrogens with one attached hydrogen (secondary N) is 2. The minimum Gasteiger partial charge on any atom is -0.474 e. The molecule has 1 aliphatic rings. The number of amides is 2. The Hall–Kier alpha value is -3.17. The number of aliphatic hydroxyl groups is 2. The van der Waals surface area contributed by atoms with Crippen LogP contribution in [0.1, 0.15) is 26.5 Å². The number of hydrogen-bond donors (Lipinski definition) is 12. The Morgan fingerprint density at radius 3 is 2.26 bits per heavy atom. The summed E-state index contributed by atoms with van der Waals surface area (Å²) in [5.74, 6) is -2.16. The number of thiol groups is 1. The third-order valence-corrected chi connectivity index (χ3v) is 11.9. The number of fused-ring (bicyclic) bond motifs is 1. The molecule has 31 heteroatoms. The Bertz CT molecular complexity index is 1830. The maximum Gasteiger partial charge on any atom is 0.481 e. The molecule has 0 aliphatic carbocycles. The second-order valence-corrected chi connectivity index (χ2v) is 18.1. The van der Waals surface area contributed by atoms with E-state index in [4.69, 9.17) is 29.7 Å². The molecule has 0 saturated carbocycles. The summed E-state index contributed by atoms with van der Waals surface area (Å²) >= 11 is 0. The number of ether oxygens (including phenoxy) is 1. The van der Waals surface area contributed by atoms with Gasteiger partial charge in [-0.2, -0.15) is 4.31 Å². The maximum absolute atomic E-state index is 12.6. The fourth-order valence-electron chi connectivity index (χ4n) is 4.52. The van der Waals surface area contributed by atoms with Crippen LogP contribution in [0.2, 0.25) is 0 Å². The minimum atomic E-state index is -5.60. The SMILES string of the molecule is CC(C)(COP(=O)(O)OP(=O)(O)OC[C@H]1O[C@@H](n2cnc3c(N)ncnc32)[C@H](O)[C@@H]1OP(=O)(O)O)C(O)C(=O)NCCC(=O)NCC[SH](C(=O)O)C(=O)O. The summed E-state index contributed by atoms with van der Waals surface area (Å²) in [6.45, 7) is -0.346. The van der Waals surface area contributed by atoms with Crippen LogP contribution in [-0.4, -0.2) is 138 Å². The number of carboxylic acid groups (broad SMARTS) is 2. The maximum atomic E-state index is 12.6. The molecule has 3 heterocycles. The van der Waals surface area contributed by atoms with E-state index < -0.39 is 106 Å². The summed E-state index contributed by atoms with van der Waals surface area (Å²) < 4.78 is 61.7. The van der Waals surface area contributed by atoms with Crippen molar-refractivity contribution in [1.29, 1.82) is 0 Å². The van der Waals surface area contributed by atoms with E-state index in [2.05, 4.69) is 34.4 Å². The normalized spacial score (nSPS) is 22.2. The quantitative estimate of drug-likeness (QED) is 0.0581. The lowest BCUT2D eigenvalue weighted by molar-refractivity contribution is -0.137. The minimum absolute atomic E-state index is 0.0106. The first kappa shape index (κ1) is 45.2. The Kier molecular flexibility index (Phi) is 15.2. The summed E-state index contributed by atoms with van der Waals surface area (Å²) in [4.78, 5) is 96.9.